The molecule has 0 saturated carbocycles. The number of phenols is 1. The summed E-state index contributed by atoms with van der Waals surface area (Å²) in [6, 6.07) is 6.29. The molecule has 4 heteroatoms. The molecule has 31 heavy (non-hydrogen) atoms. The quantitative estimate of drug-likeness (QED) is 0.175. The van der Waals surface area contributed by atoms with Gasteiger partial charge in [-0.05, 0) is 56.2 Å². The van der Waals surface area contributed by atoms with E-state index in [0.29, 0.717) is 13.0 Å². The van der Waals surface area contributed by atoms with Crippen LogP contribution in [0.25, 0.3) is 0 Å². The largest absolute Gasteiger partial charge is 0.508 e. The predicted molar refractivity (Wildman–Crippen MR) is 132 cm³/mol. The molecule has 1 rings (SSSR count). The second-order valence-electron chi connectivity index (χ2n) is 8.71. The van der Waals surface area contributed by atoms with Gasteiger partial charge in [0.25, 0.3) is 0 Å². The van der Waals surface area contributed by atoms with Gasteiger partial charge in [0, 0.05) is 6.54 Å². The van der Waals surface area contributed by atoms with Crippen LogP contribution in [0.1, 0.15) is 102 Å². The SMILES string of the molecule is CCCCCCCC/C=C\CCCCCCCCNC(=O)[C@@H](N)Cc1ccc(O)cc1. The minimum absolute atomic E-state index is 0.0965. The molecule has 0 spiro atoms. The molecule has 0 aliphatic heterocycles. The van der Waals surface area contributed by atoms with E-state index in [1.165, 1.54) is 77.0 Å². The van der Waals surface area contributed by atoms with Crippen molar-refractivity contribution in [3.8, 4) is 5.75 Å². The number of unbranched alkanes of at least 4 members (excludes halogenated alkanes) is 12. The van der Waals surface area contributed by atoms with Gasteiger partial charge in [-0.2, -0.15) is 0 Å². The third-order valence-corrected chi connectivity index (χ3v) is 5.72. The Morgan fingerprint density at radius 1 is 0.871 bits per heavy atom. The highest BCUT2D eigenvalue weighted by Crippen LogP contribution is 2.11. The number of aromatic hydroxyl groups is 1. The number of carbonyl (C=O) groups excluding carboxylic acids is 1. The van der Waals surface area contributed by atoms with Gasteiger partial charge in [-0.15, -0.1) is 0 Å². The van der Waals surface area contributed by atoms with E-state index in [1.54, 1.807) is 24.3 Å². The molecule has 4 nitrogen and oxygen atoms in total. The van der Waals surface area contributed by atoms with Crippen LogP contribution in [-0.2, 0) is 11.2 Å². The van der Waals surface area contributed by atoms with Crippen molar-refractivity contribution in [2.75, 3.05) is 6.54 Å². The molecule has 0 unspecified atom stereocenters. The third-order valence-electron chi connectivity index (χ3n) is 5.72. The molecule has 0 bridgehead atoms. The van der Waals surface area contributed by atoms with Crippen LogP contribution < -0.4 is 11.1 Å². The molecule has 1 aromatic rings. The summed E-state index contributed by atoms with van der Waals surface area (Å²) in [6.07, 6.45) is 23.2. The summed E-state index contributed by atoms with van der Waals surface area (Å²) in [6.45, 7) is 2.96. The van der Waals surface area contributed by atoms with Crippen molar-refractivity contribution in [1.29, 1.82) is 0 Å². The lowest BCUT2D eigenvalue weighted by Gasteiger charge is -2.12. The van der Waals surface area contributed by atoms with Crippen LogP contribution in [0.5, 0.6) is 5.75 Å². The zero-order valence-corrected chi connectivity index (χ0v) is 19.8. The van der Waals surface area contributed by atoms with Gasteiger partial charge in [0.15, 0.2) is 0 Å². The number of amides is 1. The normalized spacial score (nSPS) is 12.3. The number of allylic oxidation sites excluding steroid dienone is 2. The van der Waals surface area contributed by atoms with Gasteiger partial charge in [0.05, 0.1) is 6.04 Å². The van der Waals surface area contributed by atoms with E-state index in [9.17, 15) is 9.90 Å². The molecule has 1 atom stereocenters. The van der Waals surface area contributed by atoms with Crippen molar-refractivity contribution in [2.45, 2.75) is 109 Å². The zero-order chi connectivity index (χ0) is 22.6. The molecular formula is C27H46N2O2. The maximum Gasteiger partial charge on any atom is 0.237 e. The molecule has 4 N–H and O–H groups in total. The number of benzene rings is 1. The number of carbonyl (C=O) groups is 1. The molecule has 1 aromatic carbocycles. The summed E-state index contributed by atoms with van der Waals surface area (Å²) < 4.78 is 0. The van der Waals surface area contributed by atoms with Crippen molar-refractivity contribution in [1.82, 2.24) is 5.32 Å². The molecule has 0 radical (unpaired) electrons. The number of hydrogen-bond donors (Lipinski definition) is 3. The first-order valence-electron chi connectivity index (χ1n) is 12.6. The Labute approximate surface area is 190 Å². The molecule has 0 aliphatic rings. The summed E-state index contributed by atoms with van der Waals surface area (Å²) in [5.74, 6) is 0.127. The monoisotopic (exact) mass is 430 g/mol. The summed E-state index contributed by atoms with van der Waals surface area (Å²) in [7, 11) is 0. The van der Waals surface area contributed by atoms with E-state index in [4.69, 9.17) is 5.73 Å². The van der Waals surface area contributed by atoms with Crippen LogP contribution in [0.4, 0.5) is 0 Å². The van der Waals surface area contributed by atoms with Gasteiger partial charge in [-0.25, -0.2) is 0 Å². The van der Waals surface area contributed by atoms with Gasteiger partial charge < -0.3 is 16.2 Å². The van der Waals surface area contributed by atoms with Crippen molar-refractivity contribution in [3.05, 3.63) is 42.0 Å². The Morgan fingerprint density at radius 2 is 1.39 bits per heavy atom. The smallest absolute Gasteiger partial charge is 0.237 e. The molecule has 0 heterocycles. The molecule has 0 saturated heterocycles. The van der Waals surface area contributed by atoms with Crippen LogP contribution in [0.3, 0.4) is 0 Å². The number of phenolic OH excluding ortho intramolecular Hbond substituents is 1. The lowest BCUT2D eigenvalue weighted by atomic mass is 10.1. The van der Waals surface area contributed by atoms with Crippen LogP contribution in [-0.4, -0.2) is 23.6 Å². The number of nitrogens with two attached hydrogens (primary N) is 1. The molecular weight excluding hydrogens is 384 g/mol. The van der Waals surface area contributed by atoms with E-state index in [2.05, 4.69) is 24.4 Å². The Kier molecular flexibility index (Phi) is 16.6. The minimum Gasteiger partial charge on any atom is -0.508 e. The number of hydrogen-bond acceptors (Lipinski definition) is 3. The molecule has 176 valence electrons. The fraction of sp³-hybridized carbons (Fsp3) is 0.667. The fourth-order valence-corrected chi connectivity index (χ4v) is 3.69. The average Bonchev–Trinajstić information content (AvgIpc) is 2.77. The molecule has 1 amide bonds. The van der Waals surface area contributed by atoms with Crippen LogP contribution >= 0.6 is 0 Å². The zero-order valence-electron chi connectivity index (χ0n) is 19.8. The highest BCUT2D eigenvalue weighted by atomic mass is 16.3. The predicted octanol–water partition coefficient (Wildman–Crippen LogP) is 6.42. The van der Waals surface area contributed by atoms with Gasteiger partial charge in [-0.1, -0.05) is 89.0 Å². The van der Waals surface area contributed by atoms with Crippen LogP contribution in [0, 0.1) is 0 Å². The lowest BCUT2D eigenvalue weighted by Crippen LogP contribution is -2.42. The van der Waals surface area contributed by atoms with Gasteiger partial charge in [-0.3, -0.25) is 4.79 Å². The van der Waals surface area contributed by atoms with Gasteiger partial charge in [0.1, 0.15) is 5.75 Å². The standard InChI is InChI=1S/C27H46N2O2/c1-2-3-4-5-6-7-8-9-10-11-12-13-14-15-16-17-22-29-27(31)26(28)23-24-18-20-25(30)21-19-24/h9-10,18-21,26,30H,2-8,11-17,22-23,28H2,1H3,(H,29,31)/b10-9-/t26-/m0/s1. The first kappa shape index (κ1) is 27.2. The van der Waals surface area contributed by atoms with Crippen molar-refractivity contribution in [3.63, 3.8) is 0 Å². The first-order valence-corrected chi connectivity index (χ1v) is 12.6. The lowest BCUT2D eigenvalue weighted by molar-refractivity contribution is -0.122. The summed E-state index contributed by atoms with van der Waals surface area (Å²) in [4.78, 5) is 12.1. The summed E-state index contributed by atoms with van der Waals surface area (Å²) >= 11 is 0. The molecule has 0 aromatic heterocycles. The van der Waals surface area contributed by atoms with E-state index >= 15 is 0 Å². The summed E-state index contributed by atoms with van der Waals surface area (Å²) in [5, 5.41) is 12.2. The number of nitrogens with one attached hydrogen (secondary N) is 1. The Bertz CT molecular complexity index is 583. The molecule has 0 fully saturated rings. The first-order chi connectivity index (χ1) is 15.1. The Balaban J connectivity index is 1.88. The van der Waals surface area contributed by atoms with E-state index in [0.717, 1.165) is 18.4 Å². The maximum atomic E-state index is 12.1. The van der Waals surface area contributed by atoms with Gasteiger partial charge >= 0.3 is 0 Å². The van der Waals surface area contributed by atoms with E-state index in [-0.39, 0.29) is 11.7 Å². The number of rotatable bonds is 19. The summed E-state index contributed by atoms with van der Waals surface area (Å²) in [5.41, 5.74) is 6.94. The van der Waals surface area contributed by atoms with Crippen molar-refractivity contribution < 1.29 is 9.90 Å². The highest BCUT2D eigenvalue weighted by Gasteiger charge is 2.13. The minimum atomic E-state index is -0.543. The van der Waals surface area contributed by atoms with Crippen LogP contribution in [0.2, 0.25) is 0 Å². The Hall–Kier alpha value is -1.81. The van der Waals surface area contributed by atoms with E-state index in [1.807, 2.05) is 0 Å². The van der Waals surface area contributed by atoms with Crippen LogP contribution in [0.15, 0.2) is 36.4 Å². The average molecular weight is 431 g/mol. The maximum absolute atomic E-state index is 12.1. The topological polar surface area (TPSA) is 75.4 Å². The van der Waals surface area contributed by atoms with Crippen molar-refractivity contribution >= 4 is 5.91 Å². The third kappa shape index (κ3) is 15.6. The van der Waals surface area contributed by atoms with Crippen molar-refractivity contribution in [2.24, 2.45) is 5.73 Å². The molecule has 0 aliphatic carbocycles. The second kappa shape index (κ2) is 18.9. The van der Waals surface area contributed by atoms with E-state index < -0.39 is 6.04 Å². The Morgan fingerprint density at radius 3 is 1.97 bits per heavy atom. The second-order valence-corrected chi connectivity index (χ2v) is 8.71. The fourth-order valence-electron chi connectivity index (χ4n) is 3.69. The van der Waals surface area contributed by atoms with Gasteiger partial charge in [0.2, 0.25) is 5.91 Å². The highest BCUT2D eigenvalue weighted by molar-refractivity contribution is 5.81.